The molecule has 0 aliphatic carbocycles. The van der Waals surface area contributed by atoms with Crippen molar-refractivity contribution in [3.8, 4) is 5.75 Å². The van der Waals surface area contributed by atoms with Gasteiger partial charge in [-0.25, -0.2) is 33.7 Å². The first-order valence-corrected chi connectivity index (χ1v) is 22.2. The molecular formula is C25H21FN7Na5O19S6. The maximum atomic E-state index is 14.6. The van der Waals surface area contributed by atoms with E-state index in [-0.39, 0.29) is 179 Å². The summed E-state index contributed by atoms with van der Waals surface area (Å²) >= 11 is 0.0235. The number of nitrogens with one attached hydrogen (secondary N) is 1. The number of anilines is 3. The third kappa shape index (κ3) is 19.0. The van der Waals surface area contributed by atoms with Crippen molar-refractivity contribution in [2.24, 2.45) is 10.2 Å². The van der Waals surface area contributed by atoms with Crippen LogP contribution in [0, 0.1) is 13.0 Å². The van der Waals surface area contributed by atoms with Gasteiger partial charge in [-0.15, -0.1) is 14.6 Å². The second kappa shape index (κ2) is 28.6. The van der Waals surface area contributed by atoms with Crippen molar-refractivity contribution in [1.29, 1.82) is 0 Å². The van der Waals surface area contributed by atoms with Crippen molar-refractivity contribution in [2.45, 2.75) is 26.5 Å². The third-order valence-electron chi connectivity index (χ3n) is 7.14. The molecule has 63 heavy (non-hydrogen) atoms. The van der Waals surface area contributed by atoms with Gasteiger partial charge in [0.2, 0.25) is 11.9 Å². The molecule has 0 aliphatic rings. The molecule has 38 heteroatoms. The number of azo groups is 1. The minimum Gasteiger partial charge on any atom is -0.744 e. The van der Waals surface area contributed by atoms with Gasteiger partial charge in [-0.1, -0.05) is 0 Å². The Hall–Kier alpha value is 0.960. The first-order chi connectivity index (χ1) is 27.0. The zero-order chi connectivity index (χ0) is 43.2. The van der Waals surface area contributed by atoms with Gasteiger partial charge in [-0.2, -0.15) is 23.7 Å². The van der Waals surface area contributed by atoms with Crippen molar-refractivity contribution >= 4 is 104 Å². The number of nitrogens with zero attached hydrogens (tertiary/aromatic N) is 6. The van der Waals surface area contributed by atoms with Crippen LogP contribution in [0.15, 0.2) is 60.1 Å². The molecule has 2 N–H and O–H groups in total. The monoisotopic (exact) mass is 1050 g/mol. The fourth-order valence-electron chi connectivity index (χ4n) is 4.66. The summed E-state index contributed by atoms with van der Waals surface area (Å²) in [5, 5.41) is 46.3. The molecule has 1 heterocycles. The van der Waals surface area contributed by atoms with E-state index in [0.29, 0.717) is 12.1 Å². The molecule has 3 aromatic carbocycles. The van der Waals surface area contributed by atoms with Gasteiger partial charge in [-0.05, 0) is 42.8 Å². The summed E-state index contributed by atoms with van der Waals surface area (Å²) in [4.78, 5) is 7.96. The molecule has 0 aliphatic heterocycles. The maximum absolute atomic E-state index is 14.6. The Labute approximate surface area is 476 Å². The van der Waals surface area contributed by atoms with Gasteiger partial charge in [0.1, 0.15) is 41.7 Å². The predicted molar refractivity (Wildman–Crippen MR) is 184 cm³/mol. The van der Waals surface area contributed by atoms with Gasteiger partial charge in [0.05, 0.1) is 55.4 Å². The fraction of sp³-hybridized carbons (Fsp3) is 0.240. The number of aryl methyl sites for hydroxylation is 1. The number of halogens is 1. The molecule has 0 amide bonds. The summed E-state index contributed by atoms with van der Waals surface area (Å²) in [5.41, 5.74) is -2.88. The molecule has 0 unspecified atom stereocenters. The zero-order valence-electron chi connectivity index (χ0n) is 33.5. The number of phenols is 1. The Morgan fingerprint density at radius 3 is 2.00 bits per heavy atom. The van der Waals surface area contributed by atoms with Gasteiger partial charge in [-0.3, -0.25) is 14.3 Å². The van der Waals surface area contributed by atoms with Crippen LogP contribution in [0.4, 0.5) is 33.3 Å². The summed E-state index contributed by atoms with van der Waals surface area (Å²) in [6.45, 7) is 0.269. The van der Waals surface area contributed by atoms with Crippen molar-refractivity contribution in [2.75, 3.05) is 41.9 Å². The second-order valence-electron chi connectivity index (χ2n) is 10.9. The third-order valence-corrected chi connectivity index (χ3v) is 12.5. The summed E-state index contributed by atoms with van der Waals surface area (Å²) in [6, 6.07) is 3.56. The van der Waals surface area contributed by atoms with Crippen LogP contribution in [-0.4, -0.2) is 99.1 Å². The first kappa shape index (κ1) is 66.0. The quantitative estimate of drug-likeness (QED) is 0.0158. The van der Waals surface area contributed by atoms with Crippen molar-refractivity contribution in [3.05, 3.63) is 42.0 Å². The van der Waals surface area contributed by atoms with Gasteiger partial charge < -0.3 is 39.5 Å². The van der Waals surface area contributed by atoms with Crippen LogP contribution in [0.25, 0.3) is 10.8 Å². The van der Waals surface area contributed by atoms with E-state index in [1.165, 1.54) is 7.05 Å². The van der Waals surface area contributed by atoms with Crippen LogP contribution in [0.3, 0.4) is 0 Å². The molecule has 1 aromatic heterocycles. The van der Waals surface area contributed by atoms with E-state index in [9.17, 15) is 67.3 Å². The largest absolute Gasteiger partial charge is 1.00 e. The minimum absolute atomic E-state index is 0. The van der Waals surface area contributed by atoms with Crippen LogP contribution in [0.2, 0.25) is 0 Å². The summed E-state index contributed by atoms with van der Waals surface area (Å²) in [6.07, 6.45) is -1.46. The number of sulfone groups is 1. The molecule has 0 bridgehead atoms. The average Bonchev–Trinajstić information content (AvgIpc) is 3.11. The molecule has 26 nitrogen and oxygen atoms in total. The van der Waals surface area contributed by atoms with Gasteiger partial charge in [0, 0.05) is 24.4 Å². The van der Waals surface area contributed by atoms with Crippen LogP contribution < -0.4 is 169 Å². The Bertz CT molecular complexity index is 2700. The number of phenolic OH excluding ortho intramolecular Hbond substituents is 1. The van der Waals surface area contributed by atoms with Crippen LogP contribution >= 0.6 is 24.4 Å². The van der Waals surface area contributed by atoms with Gasteiger partial charge in [0.25, 0.3) is 0 Å². The van der Waals surface area contributed by atoms with E-state index in [4.69, 9.17) is 0 Å². The molecule has 0 saturated heterocycles. The van der Waals surface area contributed by atoms with E-state index in [1.54, 1.807) is 0 Å². The van der Waals surface area contributed by atoms with Crippen LogP contribution in [0.5, 0.6) is 5.75 Å². The fourth-order valence-corrected chi connectivity index (χ4v) is 8.77. The second-order valence-corrected chi connectivity index (χ2v) is 18.5. The van der Waals surface area contributed by atoms with Crippen LogP contribution in [-0.2, 0) is 63.1 Å². The molecule has 0 radical (unpaired) electrons. The van der Waals surface area contributed by atoms with E-state index in [2.05, 4.69) is 53.4 Å². The summed E-state index contributed by atoms with van der Waals surface area (Å²) < 4.78 is 161. The number of aromatic nitrogens is 3. The molecule has 0 atom stereocenters. The van der Waals surface area contributed by atoms with Crippen molar-refractivity contribution in [1.82, 2.24) is 15.0 Å². The SMILES string of the molecule is Cc1cc(S(=O)(=O)[O-])c(N=Nc2c(SOO[O-])cc3c(S(=O)(=O)[O-])c(Nc4nc(F)nc(N(C)CCS(=O)(=O)CCOSOO[O-])n4)ccc3c2O)cc1S(=O)(=O)[O-].[Na+].[Na+].[Na+].[Na+].[Na+]. The van der Waals surface area contributed by atoms with Gasteiger partial charge in [0.15, 0.2) is 27.9 Å². The Kier molecular flexibility index (Phi) is 30.0. The smallest absolute Gasteiger partial charge is 0.744 e. The molecule has 4 aromatic rings. The molecular weight excluding hydrogens is 1030 g/mol. The standard InChI is InChI=1S/C25H26FN7O19S6.5Na/c1-12-9-19(57(42,43)44)16(11-18(12)56(39,40)41)31-32-20-17(53-51-49-35)10-14-13(21(20)34)3-4-15(22(14)58(45,46)47)27-24-28-23(26)29-25(30-24)33(2)5-7-55(37,38)8-6-48-54-52-50-36;;;;;/h3-4,9-11,34-36H,5-8H2,1-2H3,(H,39,40,41)(H,42,43,44)(H,45,46,47)(H,27,28,29,30);;;;;/q;5*+1/p-5. The van der Waals surface area contributed by atoms with Gasteiger partial charge >= 0.3 is 154 Å². The summed E-state index contributed by atoms with van der Waals surface area (Å²) in [7, 11) is -18.8. The first-order valence-electron chi connectivity index (χ1n) is 14.7. The minimum atomic E-state index is -5.61. The molecule has 0 saturated carbocycles. The van der Waals surface area contributed by atoms with Crippen LogP contribution in [0.1, 0.15) is 5.56 Å². The molecule has 0 fully saturated rings. The van der Waals surface area contributed by atoms with Crippen molar-refractivity contribution < 1.29 is 238 Å². The summed E-state index contributed by atoms with van der Waals surface area (Å²) in [5.74, 6) is -3.33. The molecule has 0 spiro atoms. The van der Waals surface area contributed by atoms with Crippen molar-refractivity contribution in [3.63, 3.8) is 0 Å². The number of rotatable bonds is 20. The van der Waals surface area contributed by atoms with E-state index in [0.717, 1.165) is 30.0 Å². The Morgan fingerprint density at radius 1 is 0.810 bits per heavy atom. The molecule has 4 rings (SSSR count). The average molecular weight is 1050 g/mol. The predicted octanol–water partition coefficient (Wildman–Crippen LogP) is -15.0. The number of hydrogen-bond donors (Lipinski definition) is 2. The zero-order valence-corrected chi connectivity index (χ0v) is 48.4. The van der Waals surface area contributed by atoms with E-state index in [1.807, 2.05) is 0 Å². The van der Waals surface area contributed by atoms with E-state index < -0.39 is 135 Å². The topological polar surface area (TPSA) is 397 Å². The normalized spacial score (nSPS) is 11.7. The number of hydrogen-bond acceptors (Lipinski definition) is 28. The number of benzene rings is 3. The Morgan fingerprint density at radius 2 is 1.43 bits per heavy atom. The molecule has 318 valence electrons. The Balaban J connectivity index is 0. The number of aromatic hydroxyl groups is 1. The van der Waals surface area contributed by atoms with E-state index >= 15 is 0 Å². The number of fused-ring (bicyclic) bond motifs is 1. The maximum Gasteiger partial charge on any atom is 1.00 e.